The Bertz CT molecular complexity index is 433. The van der Waals surface area contributed by atoms with Gasteiger partial charge in [0.05, 0.1) is 6.04 Å². The summed E-state index contributed by atoms with van der Waals surface area (Å²) in [6, 6.07) is 6.61. The molecular weight excluding hydrogens is 229 g/mol. The van der Waals surface area contributed by atoms with Gasteiger partial charge in [0.15, 0.2) is 0 Å². The van der Waals surface area contributed by atoms with E-state index in [0.29, 0.717) is 0 Å². The van der Waals surface area contributed by atoms with Gasteiger partial charge in [0.25, 0.3) is 0 Å². The topological polar surface area (TPSA) is 20.3 Å². The molecule has 2 rings (SSSR count). The van der Waals surface area contributed by atoms with E-state index in [0.717, 1.165) is 24.9 Å². The minimum Gasteiger partial charge on any atom is -0.335 e. The molecule has 0 unspecified atom stereocenters. The molecule has 0 aromatic heterocycles. The summed E-state index contributed by atoms with van der Waals surface area (Å²) in [6.45, 7) is 6.62. The molecule has 0 N–H and O–H groups in total. The Morgan fingerprint density at radius 2 is 1.89 bits per heavy atom. The van der Waals surface area contributed by atoms with Gasteiger partial charge in [0.2, 0.25) is 5.91 Å². The van der Waals surface area contributed by atoms with Crippen molar-refractivity contribution in [3.05, 3.63) is 35.6 Å². The summed E-state index contributed by atoms with van der Waals surface area (Å²) in [4.78, 5) is 14.3. The van der Waals surface area contributed by atoms with Gasteiger partial charge in [-0.05, 0) is 30.5 Å². The first-order valence-electron chi connectivity index (χ1n) is 6.46. The Labute approximate surface area is 108 Å². The molecule has 0 radical (unpaired) electrons. The number of hydrogen-bond donors (Lipinski definition) is 0. The first kappa shape index (κ1) is 13.1. The van der Waals surface area contributed by atoms with Gasteiger partial charge in [0.1, 0.15) is 5.82 Å². The number of likely N-dealkylation sites (tertiary alicyclic amines) is 1. The number of halogens is 1. The van der Waals surface area contributed by atoms with Gasteiger partial charge in [-0.1, -0.05) is 32.9 Å². The lowest BCUT2D eigenvalue weighted by Gasteiger charge is -2.31. The Morgan fingerprint density at radius 1 is 1.28 bits per heavy atom. The lowest BCUT2D eigenvalue weighted by atomic mass is 9.93. The predicted octanol–water partition coefficient (Wildman–Crippen LogP) is 3.54. The van der Waals surface area contributed by atoms with Crippen LogP contribution in [0.1, 0.15) is 45.2 Å². The van der Waals surface area contributed by atoms with Crippen LogP contribution in [0.4, 0.5) is 4.39 Å². The maximum absolute atomic E-state index is 12.9. The average Bonchev–Trinajstić information content (AvgIpc) is 2.76. The van der Waals surface area contributed by atoms with Crippen LogP contribution in [0.3, 0.4) is 0 Å². The molecule has 1 atom stereocenters. The minimum atomic E-state index is -0.359. The second kappa shape index (κ2) is 4.71. The number of carbonyl (C=O) groups is 1. The quantitative estimate of drug-likeness (QED) is 0.745. The highest BCUT2D eigenvalue weighted by molar-refractivity contribution is 5.82. The van der Waals surface area contributed by atoms with Crippen molar-refractivity contribution in [1.82, 2.24) is 4.90 Å². The van der Waals surface area contributed by atoms with E-state index in [-0.39, 0.29) is 23.2 Å². The predicted molar refractivity (Wildman–Crippen MR) is 69.5 cm³/mol. The third-order valence-corrected chi connectivity index (χ3v) is 3.41. The molecule has 1 aliphatic rings. The van der Waals surface area contributed by atoms with Gasteiger partial charge in [-0.2, -0.15) is 0 Å². The van der Waals surface area contributed by atoms with Crippen molar-refractivity contribution in [2.75, 3.05) is 6.54 Å². The summed E-state index contributed by atoms with van der Waals surface area (Å²) < 4.78 is 12.9. The molecule has 0 bridgehead atoms. The molecule has 1 heterocycles. The van der Waals surface area contributed by atoms with Gasteiger partial charge >= 0.3 is 0 Å². The number of benzene rings is 1. The monoisotopic (exact) mass is 249 g/mol. The first-order valence-corrected chi connectivity index (χ1v) is 6.46. The second-order valence-electron chi connectivity index (χ2n) is 5.96. The maximum atomic E-state index is 12.9. The van der Waals surface area contributed by atoms with Crippen molar-refractivity contribution in [2.24, 2.45) is 5.41 Å². The SMILES string of the molecule is CC(C)(C)C(=O)N1CCC[C@H]1c1ccc(F)cc1. The fraction of sp³-hybridized carbons (Fsp3) is 0.533. The molecule has 1 aromatic rings. The number of amides is 1. The molecule has 1 aromatic carbocycles. The van der Waals surface area contributed by atoms with Crippen molar-refractivity contribution in [3.8, 4) is 0 Å². The standard InChI is InChI=1S/C15H20FNO/c1-15(2,3)14(18)17-10-4-5-13(17)11-6-8-12(16)9-7-11/h6-9,13H,4-5,10H2,1-3H3/t13-/m0/s1. The highest BCUT2D eigenvalue weighted by Gasteiger charge is 2.35. The van der Waals surface area contributed by atoms with Crippen LogP contribution >= 0.6 is 0 Å². The van der Waals surface area contributed by atoms with E-state index in [4.69, 9.17) is 0 Å². The molecule has 1 amide bonds. The lowest BCUT2D eigenvalue weighted by Crippen LogP contribution is -2.38. The van der Waals surface area contributed by atoms with Gasteiger partial charge in [-0.3, -0.25) is 4.79 Å². The van der Waals surface area contributed by atoms with Crippen molar-refractivity contribution in [1.29, 1.82) is 0 Å². The van der Waals surface area contributed by atoms with Crippen molar-refractivity contribution < 1.29 is 9.18 Å². The molecule has 0 aliphatic carbocycles. The van der Waals surface area contributed by atoms with Crippen LogP contribution in [0, 0.1) is 11.2 Å². The Balaban J connectivity index is 2.22. The Morgan fingerprint density at radius 3 is 2.44 bits per heavy atom. The van der Waals surface area contributed by atoms with Crippen LogP contribution in [0.25, 0.3) is 0 Å². The van der Waals surface area contributed by atoms with Gasteiger partial charge in [-0.15, -0.1) is 0 Å². The van der Waals surface area contributed by atoms with Crippen molar-refractivity contribution in [3.63, 3.8) is 0 Å². The Hall–Kier alpha value is -1.38. The van der Waals surface area contributed by atoms with Gasteiger partial charge < -0.3 is 4.90 Å². The Kier molecular flexibility index (Phi) is 3.42. The number of carbonyl (C=O) groups excluding carboxylic acids is 1. The number of nitrogens with zero attached hydrogens (tertiary/aromatic N) is 1. The summed E-state index contributed by atoms with van der Waals surface area (Å²) in [7, 11) is 0. The first-order chi connectivity index (χ1) is 8.39. The van der Waals surface area contributed by atoms with Gasteiger partial charge in [0, 0.05) is 12.0 Å². The highest BCUT2D eigenvalue weighted by atomic mass is 19.1. The van der Waals surface area contributed by atoms with Crippen molar-refractivity contribution in [2.45, 2.75) is 39.7 Å². The fourth-order valence-electron chi connectivity index (χ4n) is 2.47. The number of rotatable bonds is 1. The van der Waals surface area contributed by atoms with Crippen LogP contribution in [0.2, 0.25) is 0 Å². The molecule has 0 saturated carbocycles. The van der Waals surface area contributed by atoms with E-state index in [2.05, 4.69) is 0 Å². The molecule has 1 aliphatic heterocycles. The minimum absolute atomic E-state index is 0.109. The molecule has 98 valence electrons. The van der Waals surface area contributed by atoms with Crippen LogP contribution in [0.5, 0.6) is 0 Å². The third-order valence-electron chi connectivity index (χ3n) is 3.41. The van der Waals surface area contributed by atoms with E-state index < -0.39 is 0 Å². The largest absolute Gasteiger partial charge is 0.335 e. The van der Waals surface area contributed by atoms with Crippen LogP contribution < -0.4 is 0 Å². The lowest BCUT2D eigenvalue weighted by molar-refractivity contribution is -0.140. The van der Waals surface area contributed by atoms with Crippen LogP contribution in [-0.4, -0.2) is 17.4 Å². The zero-order valence-corrected chi connectivity index (χ0v) is 11.2. The van der Waals surface area contributed by atoms with Crippen LogP contribution in [-0.2, 0) is 4.79 Å². The summed E-state index contributed by atoms with van der Waals surface area (Å²) in [5, 5.41) is 0. The van der Waals surface area contributed by atoms with E-state index in [9.17, 15) is 9.18 Å². The average molecular weight is 249 g/mol. The zero-order chi connectivity index (χ0) is 13.3. The van der Waals surface area contributed by atoms with E-state index in [1.807, 2.05) is 25.7 Å². The molecule has 3 heteroatoms. The molecule has 2 nitrogen and oxygen atoms in total. The fourth-order valence-corrected chi connectivity index (χ4v) is 2.47. The molecule has 18 heavy (non-hydrogen) atoms. The maximum Gasteiger partial charge on any atom is 0.228 e. The molecule has 1 saturated heterocycles. The molecule has 0 spiro atoms. The molecular formula is C15H20FNO. The van der Waals surface area contributed by atoms with Crippen LogP contribution in [0.15, 0.2) is 24.3 Å². The van der Waals surface area contributed by atoms with E-state index in [1.54, 1.807) is 12.1 Å². The zero-order valence-electron chi connectivity index (χ0n) is 11.2. The highest BCUT2D eigenvalue weighted by Crippen LogP contribution is 2.35. The third kappa shape index (κ3) is 2.55. The van der Waals surface area contributed by atoms with Gasteiger partial charge in [-0.25, -0.2) is 4.39 Å². The normalized spacial score (nSPS) is 20.2. The van der Waals surface area contributed by atoms with Crippen molar-refractivity contribution >= 4 is 5.91 Å². The summed E-state index contributed by atoms with van der Waals surface area (Å²) in [5.41, 5.74) is 0.675. The number of hydrogen-bond acceptors (Lipinski definition) is 1. The van der Waals surface area contributed by atoms with E-state index >= 15 is 0 Å². The smallest absolute Gasteiger partial charge is 0.228 e. The second-order valence-corrected chi connectivity index (χ2v) is 5.96. The molecule has 1 fully saturated rings. The summed E-state index contributed by atoms with van der Waals surface area (Å²) in [5.74, 6) is -0.0558. The van der Waals surface area contributed by atoms with E-state index in [1.165, 1.54) is 12.1 Å². The summed E-state index contributed by atoms with van der Waals surface area (Å²) >= 11 is 0. The summed E-state index contributed by atoms with van der Waals surface area (Å²) in [6.07, 6.45) is 1.98.